The molecule has 0 aromatic carbocycles. The zero-order chi connectivity index (χ0) is 8.78. The van der Waals surface area contributed by atoms with Crippen LogP contribution in [0.5, 0.6) is 0 Å². The van der Waals surface area contributed by atoms with E-state index in [0.717, 1.165) is 37.9 Å². The summed E-state index contributed by atoms with van der Waals surface area (Å²) in [7, 11) is 0. The maximum atomic E-state index is 5.81. The van der Waals surface area contributed by atoms with Gasteiger partial charge in [0.15, 0.2) is 5.79 Å². The Kier molecular flexibility index (Phi) is 1.72. The minimum atomic E-state index is -0.147. The van der Waals surface area contributed by atoms with E-state index in [0.29, 0.717) is 0 Å². The van der Waals surface area contributed by atoms with E-state index >= 15 is 0 Å². The van der Waals surface area contributed by atoms with Crippen LogP contribution in [0.4, 0.5) is 0 Å². The van der Waals surface area contributed by atoms with Crippen molar-refractivity contribution in [3.63, 3.8) is 0 Å². The third kappa shape index (κ3) is 1.40. The Labute approximate surface area is 79.6 Å². The van der Waals surface area contributed by atoms with E-state index in [9.17, 15) is 0 Å². The molecule has 13 heavy (non-hydrogen) atoms. The summed E-state index contributed by atoms with van der Waals surface area (Å²) < 4.78 is 11.6. The van der Waals surface area contributed by atoms with Gasteiger partial charge in [-0.3, -0.25) is 0 Å². The molecule has 74 valence electrons. The van der Waals surface area contributed by atoms with Crippen molar-refractivity contribution in [3.8, 4) is 0 Å². The molecule has 0 bridgehead atoms. The molecule has 0 atom stereocenters. The van der Waals surface area contributed by atoms with Crippen LogP contribution in [0.25, 0.3) is 0 Å². The van der Waals surface area contributed by atoms with Gasteiger partial charge < -0.3 is 9.47 Å². The lowest BCUT2D eigenvalue weighted by Gasteiger charge is -2.42. The average molecular weight is 182 g/mol. The van der Waals surface area contributed by atoms with Crippen molar-refractivity contribution in [3.05, 3.63) is 0 Å². The number of rotatable bonds is 0. The van der Waals surface area contributed by atoms with Gasteiger partial charge in [0.2, 0.25) is 0 Å². The summed E-state index contributed by atoms with van der Waals surface area (Å²) in [5.74, 6) is -0.147. The predicted molar refractivity (Wildman–Crippen MR) is 49.4 cm³/mol. The molecule has 2 spiro atoms. The van der Waals surface area contributed by atoms with Crippen LogP contribution in [0.1, 0.15) is 44.9 Å². The van der Waals surface area contributed by atoms with Gasteiger partial charge in [0.05, 0.1) is 13.2 Å². The molecule has 0 aromatic heterocycles. The molecular formula is C11H18O2. The van der Waals surface area contributed by atoms with E-state index in [1.165, 1.54) is 25.7 Å². The molecule has 1 heterocycles. The second-order valence-corrected chi connectivity index (χ2v) is 4.96. The topological polar surface area (TPSA) is 18.5 Å². The van der Waals surface area contributed by atoms with E-state index < -0.39 is 0 Å². The largest absolute Gasteiger partial charge is 0.350 e. The van der Waals surface area contributed by atoms with Gasteiger partial charge in [-0.1, -0.05) is 0 Å². The number of hydrogen-bond acceptors (Lipinski definition) is 2. The van der Waals surface area contributed by atoms with Crippen LogP contribution in [0.2, 0.25) is 0 Å². The van der Waals surface area contributed by atoms with Crippen LogP contribution >= 0.6 is 0 Å². The molecule has 0 N–H and O–H groups in total. The van der Waals surface area contributed by atoms with Gasteiger partial charge in [-0.05, 0) is 37.5 Å². The third-order valence-corrected chi connectivity index (χ3v) is 4.05. The molecule has 0 aromatic rings. The Hall–Kier alpha value is -0.0800. The van der Waals surface area contributed by atoms with Crippen molar-refractivity contribution in [1.82, 2.24) is 0 Å². The van der Waals surface area contributed by atoms with Gasteiger partial charge in [-0.15, -0.1) is 0 Å². The standard InChI is InChI=1S/C11H18O2/c1-8-12-11(13-9-1)6-4-10(2-3-10)5-7-11/h1-9H2. The molecule has 1 saturated heterocycles. The molecule has 0 radical (unpaired) electrons. The van der Waals surface area contributed by atoms with E-state index in [2.05, 4.69) is 0 Å². The van der Waals surface area contributed by atoms with Crippen molar-refractivity contribution in [2.45, 2.75) is 50.7 Å². The fourth-order valence-electron chi connectivity index (χ4n) is 2.74. The molecule has 3 aliphatic rings. The Morgan fingerprint density at radius 2 is 1.23 bits per heavy atom. The smallest absolute Gasteiger partial charge is 0.168 e. The van der Waals surface area contributed by atoms with Crippen LogP contribution < -0.4 is 0 Å². The maximum Gasteiger partial charge on any atom is 0.168 e. The monoisotopic (exact) mass is 182 g/mol. The molecular weight excluding hydrogens is 164 g/mol. The summed E-state index contributed by atoms with van der Waals surface area (Å²) in [5, 5.41) is 0. The Morgan fingerprint density at radius 1 is 0.692 bits per heavy atom. The first-order valence-electron chi connectivity index (χ1n) is 5.61. The third-order valence-electron chi connectivity index (χ3n) is 4.05. The second-order valence-electron chi connectivity index (χ2n) is 4.96. The van der Waals surface area contributed by atoms with Crippen LogP contribution in [0, 0.1) is 5.41 Å². The summed E-state index contributed by atoms with van der Waals surface area (Å²) in [5.41, 5.74) is 0.745. The lowest BCUT2D eigenvalue weighted by atomic mass is 9.82. The van der Waals surface area contributed by atoms with E-state index in [-0.39, 0.29) is 5.79 Å². The van der Waals surface area contributed by atoms with Crippen molar-refractivity contribution in [1.29, 1.82) is 0 Å². The molecule has 0 unspecified atom stereocenters. The average Bonchev–Trinajstić information content (AvgIpc) is 2.94. The van der Waals surface area contributed by atoms with Gasteiger partial charge >= 0.3 is 0 Å². The minimum absolute atomic E-state index is 0.147. The Morgan fingerprint density at radius 3 is 1.77 bits per heavy atom. The molecule has 2 nitrogen and oxygen atoms in total. The highest BCUT2D eigenvalue weighted by atomic mass is 16.7. The summed E-state index contributed by atoms with van der Waals surface area (Å²) in [6.45, 7) is 1.82. The Balaban J connectivity index is 1.65. The van der Waals surface area contributed by atoms with E-state index in [4.69, 9.17) is 9.47 Å². The predicted octanol–water partition coefficient (Wildman–Crippen LogP) is 2.47. The normalized spacial score (nSPS) is 35.1. The number of ether oxygens (including phenoxy) is 2. The van der Waals surface area contributed by atoms with Crippen LogP contribution in [0.3, 0.4) is 0 Å². The molecule has 3 rings (SSSR count). The number of hydrogen-bond donors (Lipinski definition) is 0. The highest BCUT2D eigenvalue weighted by Crippen LogP contribution is 2.58. The SMILES string of the molecule is C1COC2(CCC3(CC3)CC2)OC1. The molecule has 2 saturated carbocycles. The lowest BCUT2D eigenvalue weighted by Crippen LogP contribution is -2.43. The molecule has 0 amide bonds. The van der Waals surface area contributed by atoms with Gasteiger partial charge in [0.25, 0.3) is 0 Å². The van der Waals surface area contributed by atoms with Crippen molar-refractivity contribution < 1.29 is 9.47 Å². The van der Waals surface area contributed by atoms with Gasteiger partial charge in [-0.2, -0.15) is 0 Å². The van der Waals surface area contributed by atoms with Crippen molar-refractivity contribution in [2.75, 3.05) is 13.2 Å². The first-order chi connectivity index (χ1) is 6.33. The quantitative estimate of drug-likeness (QED) is 0.573. The fourth-order valence-corrected chi connectivity index (χ4v) is 2.74. The maximum absolute atomic E-state index is 5.81. The lowest BCUT2D eigenvalue weighted by molar-refractivity contribution is -0.284. The zero-order valence-corrected chi connectivity index (χ0v) is 8.18. The highest BCUT2D eigenvalue weighted by molar-refractivity contribution is 4.99. The van der Waals surface area contributed by atoms with E-state index in [1.807, 2.05) is 0 Å². The molecule has 3 fully saturated rings. The van der Waals surface area contributed by atoms with Gasteiger partial charge in [0, 0.05) is 12.8 Å². The summed E-state index contributed by atoms with van der Waals surface area (Å²) in [6, 6.07) is 0. The van der Waals surface area contributed by atoms with Gasteiger partial charge in [-0.25, -0.2) is 0 Å². The van der Waals surface area contributed by atoms with E-state index in [1.54, 1.807) is 0 Å². The minimum Gasteiger partial charge on any atom is -0.350 e. The zero-order valence-electron chi connectivity index (χ0n) is 8.18. The van der Waals surface area contributed by atoms with Gasteiger partial charge in [0.1, 0.15) is 0 Å². The molecule has 1 aliphatic heterocycles. The summed E-state index contributed by atoms with van der Waals surface area (Å²) >= 11 is 0. The van der Waals surface area contributed by atoms with Crippen LogP contribution in [-0.4, -0.2) is 19.0 Å². The summed E-state index contributed by atoms with van der Waals surface area (Å²) in [4.78, 5) is 0. The van der Waals surface area contributed by atoms with Crippen molar-refractivity contribution in [2.24, 2.45) is 5.41 Å². The molecule has 2 aliphatic carbocycles. The second kappa shape index (κ2) is 2.71. The highest BCUT2D eigenvalue weighted by Gasteiger charge is 2.50. The van der Waals surface area contributed by atoms with Crippen LogP contribution in [-0.2, 0) is 9.47 Å². The fraction of sp³-hybridized carbons (Fsp3) is 1.00. The summed E-state index contributed by atoms with van der Waals surface area (Å²) in [6.07, 6.45) is 8.97. The Bertz CT molecular complexity index is 190. The first kappa shape index (κ1) is 8.25. The van der Waals surface area contributed by atoms with Crippen LogP contribution in [0.15, 0.2) is 0 Å². The first-order valence-corrected chi connectivity index (χ1v) is 5.61. The van der Waals surface area contributed by atoms with Crippen molar-refractivity contribution >= 4 is 0 Å². The molecule has 2 heteroatoms.